The molecular formula is C10H20N2O2. The molecule has 0 spiro atoms. The average Bonchev–Trinajstić information content (AvgIpc) is 2.42. The Kier molecular flexibility index (Phi) is 5.38. The predicted molar refractivity (Wildman–Crippen MR) is 57.5 cm³/mol. The molecule has 1 heterocycles. The summed E-state index contributed by atoms with van der Waals surface area (Å²) in [6.45, 7) is 6.60. The Morgan fingerprint density at radius 2 is 2.21 bits per heavy atom. The van der Waals surface area contributed by atoms with Gasteiger partial charge in [0, 0.05) is 32.9 Å². The lowest BCUT2D eigenvalue weighted by molar-refractivity contribution is -0.116. The van der Waals surface area contributed by atoms with Gasteiger partial charge in [0.25, 0.3) is 0 Å². The molecule has 82 valence electrons. The van der Waals surface area contributed by atoms with Gasteiger partial charge >= 0.3 is 0 Å². The second-order valence-corrected chi connectivity index (χ2v) is 3.59. The summed E-state index contributed by atoms with van der Waals surface area (Å²) in [5, 5.41) is 5.85. The van der Waals surface area contributed by atoms with Crippen molar-refractivity contribution in [3.05, 3.63) is 0 Å². The van der Waals surface area contributed by atoms with E-state index in [1.807, 2.05) is 27.8 Å². The SMILES string of the molecule is CC1=NN(C)C(C)(C=O)C1.CCOC. The molecule has 0 saturated heterocycles. The number of carbonyl (C=O) groups is 1. The van der Waals surface area contributed by atoms with Crippen LogP contribution in [0.5, 0.6) is 0 Å². The minimum absolute atomic E-state index is 0.385. The summed E-state index contributed by atoms with van der Waals surface area (Å²) in [6, 6.07) is 0. The topological polar surface area (TPSA) is 41.9 Å². The first-order valence-electron chi connectivity index (χ1n) is 4.73. The van der Waals surface area contributed by atoms with Gasteiger partial charge in [0.05, 0.1) is 0 Å². The fourth-order valence-corrected chi connectivity index (χ4v) is 1.16. The van der Waals surface area contributed by atoms with Crippen molar-refractivity contribution < 1.29 is 9.53 Å². The first kappa shape index (κ1) is 13.1. The van der Waals surface area contributed by atoms with Crippen LogP contribution in [0.4, 0.5) is 0 Å². The van der Waals surface area contributed by atoms with E-state index in [1.54, 1.807) is 12.1 Å². The molecule has 0 aromatic heterocycles. The minimum atomic E-state index is -0.385. The summed E-state index contributed by atoms with van der Waals surface area (Å²) in [5.41, 5.74) is 0.640. The molecule has 0 saturated carbocycles. The molecule has 0 amide bonds. The maximum absolute atomic E-state index is 10.6. The van der Waals surface area contributed by atoms with E-state index in [0.717, 1.165) is 25.0 Å². The maximum atomic E-state index is 10.6. The zero-order valence-corrected chi connectivity index (χ0v) is 9.70. The Bertz CT molecular complexity index is 214. The van der Waals surface area contributed by atoms with Crippen LogP contribution < -0.4 is 0 Å². The lowest BCUT2D eigenvalue weighted by Crippen LogP contribution is -2.38. The normalized spacial score (nSPS) is 25.2. The molecule has 1 unspecified atom stereocenters. The average molecular weight is 200 g/mol. The highest BCUT2D eigenvalue weighted by molar-refractivity contribution is 5.89. The number of rotatable bonds is 2. The maximum Gasteiger partial charge on any atom is 0.147 e. The summed E-state index contributed by atoms with van der Waals surface area (Å²) in [5.74, 6) is 0. The predicted octanol–water partition coefficient (Wildman–Crippen LogP) is 1.31. The molecule has 1 aliphatic rings. The third-order valence-electron chi connectivity index (χ3n) is 2.22. The van der Waals surface area contributed by atoms with Gasteiger partial charge in [-0.25, -0.2) is 0 Å². The van der Waals surface area contributed by atoms with Crippen molar-refractivity contribution >= 4 is 12.0 Å². The number of ether oxygens (including phenoxy) is 1. The van der Waals surface area contributed by atoms with E-state index in [-0.39, 0.29) is 5.54 Å². The highest BCUT2D eigenvalue weighted by Gasteiger charge is 2.33. The van der Waals surface area contributed by atoms with Crippen LogP contribution in [-0.4, -0.2) is 43.3 Å². The van der Waals surface area contributed by atoms with E-state index < -0.39 is 0 Å². The standard InChI is InChI=1S/C7H12N2O.C3H8O/c1-6-4-7(2,5-10)9(3)8-6;1-3-4-2/h5H,4H2,1-3H3;3H2,1-2H3. The van der Waals surface area contributed by atoms with E-state index in [0.29, 0.717) is 0 Å². The van der Waals surface area contributed by atoms with Crippen LogP contribution in [0.3, 0.4) is 0 Å². The van der Waals surface area contributed by atoms with Crippen molar-refractivity contribution in [2.24, 2.45) is 5.10 Å². The van der Waals surface area contributed by atoms with Gasteiger partial charge in [-0.15, -0.1) is 0 Å². The Labute approximate surface area is 85.9 Å². The quantitative estimate of drug-likeness (QED) is 0.631. The second kappa shape index (κ2) is 5.75. The molecule has 1 aliphatic heterocycles. The van der Waals surface area contributed by atoms with Gasteiger partial charge in [0.15, 0.2) is 0 Å². The Hall–Kier alpha value is -0.900. The van der Waals surface area contributed by atoms with Gasteiger partial charge in [-0.05, 0) is 20.8 Å². The first-order valence-corrected chi connectivity index (χ1v) is 4.73. The summed E-state index contributed by atoms with van der Waals surface area (Å²) in [4.78, 5) is 10.6. The second-order valence-electron chi connectivity index (χ2n) is 3.59. The van der Waals surface area contributed by atoms with Gasteiger partial charge in [-0.2, -0.15) is 5.10 Å². The van der Waals surface area contributed by atoms with Crippen LogP contribution in [0.25, 0.3) is 0 Å². The van der Waals surface area contributed by atoms with Crippen molar-refractivity contribution in [2.75, 3.05) is 20.8 Å². The number of aldehydes is 1. The highest BCUT2D eigenvalue weighted by Crippen LogP contribution is 2.22. The van der Waals surface area contributed by atoms with Crippen molar-refractivity contribution in [1.82, 2.24) is 5.01 Å². The van der Waals surface area contributed by atoms with Crippen LogP contribution in [-0.2, 0) is 9.53 Å². The molecule has 0 aromatic rings. The number of hydrogen-bond acceptors (Lipinski definition) is 4. The number of hydrogen-bond donors (Lipinski definition) is 0. The molecule has 0 radical (unpaired) electrons. The monoisotopic (exact) mass is 200 g/mol. The molecule has 1 atom stereocenters. The van der Waals surface area contributed by atoms with E-state index in [1.165, 1.54) is 0 Å². The molecule has 0 aromatic carbocycles. The molecule has 0 aliphatic carbocycles. The summed E-state index contributed by atoms with van der Waals surface area (Å²) < 4.78 is 4.54. The lowest BCUT2D eigenvalue weighted by Gasteiger charge is -2.24. The molecule has 0 N–H and O–H groups in total. The van der Waals surface area contributed by atoms with Crippen molar-refractivity contribution in [3.8, 4) is 0 Å². The number of likely N-dealkylation sites (N-methyl/N-ethyl adjacent to an activating group) is 1. The molecule has 0 fully saturated rings. The smallest absolute Gasteiger partial charge is 0.147 e. The Morgan fingerprint density at radius 3 is 2.36 bits per heavy atom. The van der Waals surface area contributed by atoms with E-state index in [2.05, 4.69) is 9.84 Å². The van der Waals surface area contributed by atoms with Crippen LogP contribution in [0.15, 0.2) is 5.10 Å². The summed E-state index contributed by atoms with van der Waals surface area (Å²) in [6.07, 6.45) is 1.71. The molecular weight excluding hydrogens is 180 g/mol. The Morgan fingerprint density at radius 1 is 1.71 bits per heavy atom. The number of nitrogens with zero attached hydrogens (tertiary/aromatic N) is 2. The zero-order valence-electron chi connectivity index (χ0n) is 9.70. The lowest BCUT2D eigenvalue weighted by atomic mass is 9.99. The molecule has 0 bridgehead atoms. The molecule has 4 nitrogen and oxygen atoms in total. The van der Waals surface area contributed by atoms with Crippen LogP contribution in [0, 0.1) is 0 Å². The van der Waals surface area contributed by atoms with Gasteiger partial charge in [-0.1, -0.05) is 0 Å². The fraction of sp³-hybridized carbons (Fsp3) is 0.800. The van der Waals surface area contributed by atoms with E-state index in [9.17, 15) is 4.79 Å². The largest absolute Gasteiger partial charge is 0.385 e. The first-order chi connectivity index (χ1) is 6.50. The number of carbonyl (C=O) groups excluding carboxylic acids is 1. The van der Waals surface area contributed by atoms with Gasteiger partial charge in [0.1, 0.15) is 11.8 Å². The van der Waals surface area contributed by atoms with E-state index in [4.69, 9.17) is 0 Å². The van der Waals surface area contributed by atoms with Gasteiger partial charge in [-0.3, -0.25) is 5.01 Å². The fourth-order valence-electron chi connectivity index (χ4n) is 1.16. The molecule has 1 rings (SSSR count). The molecule has 14 heavy (non-hydrogen) atoms. The zero-order chi connectivity index (χ0) is 11.2. The molecule has 4 heteroatoms. The number of hydrazone groups is 1. The third-order valence-corrected chi connectivity index (χ3v) is 2.22. The third kappa shape index (κ3) is 3.46. The van der Waals surface area contributed by atoms with Crippen molar-refractivity contribution in [2.45, 2.75) is 32.7 Å². The van der Waals surface area contributed by atoms with E-state index >= 15 is 0 Å². The summed E-state index contributed by atoms with van der Waals surface area (Å²) in [7, 11) is 3.50. The number of methoxy groups -OCH3 is 1. The minimum Gasteiger partial charge on any atom is -0.385 e. The van der Waals surface area contributed by atoms with Crippen LogP contribution in [0.2, 0.25) is 0 Å². The van der Waals surface area contributed by atoms with Gasteiger partial charge < -0.3 is 9.53 Å². The van der Waals surface area contributed by atoms with Crippen molar-refractivity contribution in [1.29, 1.82) is 0 Å². The Balaban J connectivity index is 0.000000364. The summed E-state index contributed by atoms with van der Waals surface area (Å²) >= 11 is 0. The van der Waals surface area contributed by atoms with Crippen molar-refractivity contribution in [3.63, 3.8) is 0 Å². The van der Waals surface area contributed by atoms with Crippen LogP contribution in [0.1, 0.15) is 27.2 Å². The van der Waals surface area contributed by atoms with Gasteiger partial charge in [0.2, 0.25) is 0 Å². The highest BCUT2D eigenvalue weighted by atomic mass is 16.5. The van der Waals surface area contributed by atoms with Crippen LogP contribution >= 0.6 is 0 Å².